The highest BCUT2D eigenvalue weighted by molar-refractivity contribution is 5.85. The molecule has 0 aliphatic rings. The van der Waals surface area contributed by atoms with Crippen LogP contribution in [0.3, 0.4) is 0 Å². The summed E-state index contributed by atoms with van der Waals surface area (Å²) in [6.45, 7) is -0.247. The molecule has 0 aliphatic heterocycles. The zero-order valence-electron chi connectivity index (χ0n) is 11.0. The number of rotatable bonds is 5. The summed E-state index contributed by atoms with van der Waals surface area (Å²) >= 11 is 0. The molecule has 1 heterocycles. The van der Waals surface area contributed by atoms with E-state index in [0.717, 1.165) is 11.1 Å². The Morgan fingerprint density at radius 3 is 2.67 bits per heavy atom. The first kappa shape index (κ1) is 17.3. The number of halogens is 4. The number of ether oxygens (including phenoxy) is 1. The first-order valence-electron chi connectivity index (χ1n) is 6.00. The van der Waals surface area contributed by atoms with Gasteiger partial charge in [-0.05, 0) is 17.7 Å². The standard InChI is InChI=1S/C13H14F3N3O.ClH/c14-13(15,16)9-20-12-3-1-2-10(6-12)11-7-18-19(8-11)5-4-17;/h1-3,6-8H,4-5,9,17H2;1H. The van der Waals surface area contributed by atoms with E-state index < -0.39 is 12.8 Å². The van der Waals surface area contributed by atoms with Crippen LogP contribution in [0.4, 0.5) is 13.2 Å². The van der Waals surface area contributed by atoms with Gasteiger partial charge in [0.25, 0.3) is 0 Å². The lowest BCUT2D eigenvalue weighted by Crippen LogP contribution is -2.19. The zero-order chi connectivity index (χ0) is 14.6. The van der Waals surface area contributed by atoms with Crippen LogP contribution < -0.4 is 10.5 Å². The molecular formula is C13H15ClF3N3O. The lowest BCUT2D eigenvalue weighted by atomic mass is 10.1. The van der Waals surface area contributed by atoms with Gasteiger partial charge < -0.3 is 10.5 Å². The predicted molar refractivity (Wildman–Crippen MR) is 75.5 cm³/mol. The summed E-state index contributed by atoms with van der Waals surface area (Å²) in [4.78, 5) is 0. The van der Waals surface area contributed by atoms with Gasteiger partial charge in [-0.2, -0.15) is 18.3 Å². The van der Waals surface area contributed by atoms with Crippen LogP contribution in [0.1, 0.15) is 0 Å². The van der Waals surface area contributed by atoms with Gasteiger partial charge in [0, 0.05) is 18.3 Å². The van der Waals surface area contributed by atoms with Crippen LogP contribution in [0.5, 0.6) is 5.75 Å². The fourth-order valence-electron chi connectivity index (χ4n) is 1.70. The summed E-state index contributed by atoms with van der Waals surface area (Å²) in [7, 11) is 0. The van der Waals surface area contributed by atoms with Gasteiger partial charge >= 0.3 is 6.18 Å². The number of alkyl halides is 3. The molecule has 0 aliphatic carbocycles. The van der Waals surface area contributed by atoms with E-state index in [0.29, 0.717) is 13.1 Å². The average molecular weight is 322 g/mol. The van der Waals surface area contributed by atoms with Gasteiger partial charge in [0.05, 0.1) is 12.7 Å². The topological polar surface area (TPSA) is 53.1 Å². The predicted octanol–water partition coefficient (Wildman–Crippen LogP) is 2.87. The molecule has 0 fully saturated rings. The smallest absolute Gasteiger partial charge is 0.422 e. The van der Waals surface area contributed by atoms with Crippen molar-refractivity contribution in [3.05, 3.63) is 36.7 Å². The molecule has 0 saturated carbocycles. The van der Waals surface area contributed by atoms with Crippen molar-refractivity contribution in [2.45, 2.75) is 12.7 Å². The minimum Gasteiger partial charge on any atom is -0.484 e. The summed E-state index contributed by atoms with van der Waals surface area (Å²) in [5.41, 5.74) is 6.97. The van der Waals surface area contributed by atoms with Gasteiger partial charge in [-0.15, -0.1) is 12.4 Å². The molecule has 2 rings (SSSR count). The van der Waals surface area contributed by atoms with Gasteiger partial charge in [0.15, 0.2) is 6.61 Å². The number of hydrogen-bond acceptors (Lipinski definition) is 3. The summed E-state index contributed by atoms with van der Waals surface area (Å²) in [5, 5.41) is 4.11. The van der Waals surface area contributed by atoms with Crippen molar-refractivity contribution in [2.75, 3.05) is 13.2 Å². The van der Waals surface area contributed by atoms with Gasteiger partial charge in [-0.1, -0.05) is 12.1 Å². The summed E-state index contributed by atoms with van der Waals surface area (Å²) < 4.78 is 42.7. The maximum atomic E-state index is 12.1. The van der Waals surface area contributed by atoms with Crippen LogP contribution in [0.15, 0.2) is 36.7 Å². The molecule has 2 aromatic rings. The molecule has 0 radical (unpaired) electrons. The third-order valence-corrected chi connectivity index (χ3v) is 2.56. The van der Waals surface area contributed by atoms with Crippen molar-refractivity contribution in [3.63, 3.8) is 0 Å². The van der Waals surface area contributed by atoms with E-state index in [9.17, 15) is 13.2 Å². The van der Waals surface area contributed by atoms with Gasteiger partial charge in [-0.3, -0.25) is 4.68 Å². The van der Waals surface area contributed by atoms with Crippen molar-refractivity contribution in [1.82, 2.24) is 9.78 Å². The van der Waals surface area contributed by atoms with Crippen molar-refractivity contribution < 1.29 is 17.9 Å². The number of benzene rings is 1. The fraction of sp³-hybridized carbons (Fsp3) is 0.308. The lowest BCUT2D eigenvalue weighted by Gasteiger charge is -2.09. The third-order valence-electron chi connectivity index (χ3n) is 2.56. The van der Waals surface area contributed by atoms with Gasteiger partial charge in [-0.25, -0.2) is 0 Å². The van der Waals surface area contributed by atoms with Crippen LogP contribution in [0.2, 0.25) is 0 Å². The lowest BCUT2D eigenvalue weighted by molar-refractivity contribution is -0.153. The van der Waals surface area contributed by atoms with Crippen LogP contribution in [-0.2, 0) is 6.54 Å². The maximum absolute atomic E-state index is 12.1. The normalized spacial score (nSPS) is 11.0. The molecule has 0 amide bonds. The van der Waals surface area contributed by atoms with Crippen molar-refractivity contribution in [3.8, 4) is 16.9 Å². The SMILES string of the molecule is Cl.NCCn1cc(-c2cccc(OCC(F)(F)F)c2)cn1. The Labute approximate surface area is 126 Å². The molecule has 1 aromatic carbocycles. The Morgan fingerprint density at radius 2 is 2.00 bits per heavy atom. The molecule has 8 heteroatoms. The van der Waals surface area contributed by atoms with E-state index in [1.165, 1.54) is 6.07 Å². The molecule has 0 unspecified atom stereocenters. The Morgan fingerprint density at radius 1 is 1.24 bits per heavy atom. The Hall–Kier alpha value is -1.73. The Balaban J connectivity index is 0.00000220. The molecule has 0 bridgehead atoms. The third kappa shape index (κ3) is 5.28. The minimum atomic E-state index is -4.35. The quantitative estimate of drug-likeness (QED) is 0.921. The minimum absolute atomic E-state index is 0. The molecule has 4 nitrogen and oxygen atoms in total. The zero-order valence-corrected chi connectivity index (χ0v) is 11.8. The Bertz CT molecular complexity index is 572. The van der Waals surface area contributed by atoms with E-state index in [-0.39, 0.29) is 18.2 Å². The Kier molecular flexibility index (Phi) is 6.04. The molecule has 0 spiro atoms. The van der Waals surface area contributed by atoms with Crippen LogP contribution in [-0.4, -0.2) is 29.1 Å². The number of aromatic nitrogens is 2. The molecular weight excluding hydrogens is 307 g/mol. The van der Waals surface area contributed by atoms with E-state index in [1.807, 2.05) is 0 Å². The number of nitrogens with zero attached hydrogens (tertiary/aromatic N) is 2. The summed E-state index contributed by atoms with van der Waals surface area (Å²) in [6.07, 6.45) is -0.920. The first-order valence-corrected chi connectivity index (χ1v) is 6.00. The summed E-state index contributed by atoms with van der Waals surface area (Å²) in [6, 6.07) is 6.46. The first-order chi connectivity index (χ1) is 9.48. The van der Waals surface area contributed by atoms with Crippen molar-refractivity contribution in [1.29, 1.82) is 0 Å². The average Bonchev–Trinajstić information content (AvgIpc) is 2.85. The maximum Gasteiger partial charge on any atom is 0.422 e. The highest BCUT2D eigenvalue weighted by Crippen LogP contribution is 2.25. The van der Waals surface area contributed by atoms with E-state index in [1.54, 1.807) is 35.3 Å². The molecule has 21 heavy (non-hydrogen) atoms. The highest BCUT2D eigenvalue weighted by atomic mass is 35.5. The molecule has 0 saturated heterocycles. The van der Waals surface area contributed by atoms with E-state index in [2.05, 4.69) is 5.10 Å². The van der Waals surface area contributed by atoms with E-state index >= 15 is 0 Å². The second kappa shape index (κ2) is 7.33. The summed E-state index contributed by atoms with van der Waals surface area (Å²) in [5.74, 6) is 0.173. The number of nitrogens with two attached hydrogens (primary N) is 1. The fourth-order valence-corrected chi connectivity index (χ4v) is 1.70. The van der Waals surface area contributed by atoms with Crippen molar-refractivity contribution >= 4 is 12.4 Å². The monoisotopic (exact) mass is 321 g/mol. The van der Waals surface area contributed by atoms with E-state index in [4.69, 9.17) is 10.5 Å². The van der Waals surface area contributed by atoms with Crippen molar-refractivity contribution in [2.24, 2.45) is 5.73 Å². The number of hydrogen-bond donors (Lipinski definition) is 1. The second-order valence-corrected chi connectivity index (χ2v) is 4.21. The highest BCUT2D eigenvalue weighted by Gasteiger charge is 2.28. The van der Waals surface area contributed by atoms with Gasteiger partial charge in [0.1, 0.15) is 5.75 Å². The van der Waals surface area contributed by atoms with Crippen LogP contribution in [0.25, 0.3) is 11.1 Å². The molecule has 2 N–H and O–H groups in total. The van der Waals surface area contributed by atoms with Gasteiger partial charge in [0.2, 0.25) is 0 Å². The molecule has 1 aromatic heterocycles. The molecule has 0 atom stereocenters. The largest absolute Gasteiger partial charge is 0.484 e. The van der Waals surface area contributed by atoms with Crippen LogP contribution >= 0.6 is 12.4 Å². The second-order valence-electron chi connectivity index (χ2n) is 4.21. The molecule has 116 valence electrons. The van der Waals surface area contributed by atoms with Crippen LogP contribution in [0, 0.1) is 0 Å².